The molecule has 0 radical (unpaired) electrons. The highest BCUT2D eigenvalue weighted by Gasteiger charge is 2.14. The number of rotatable bonds is 3. The van der Waals surface area contributed by atoms with E-state index in [4.69, 9.17) is 0 Å². The summed E-state index contributed by atoms with van der Waals surface area (Å²) in [6, 6.07) is 17.8. The molecule has 0 aliphatic carbocycles. The summed E-state index contributed by atoms with van der Waals surface area (Å²) in [4.78, 5) is 23.7. The van der Waals surface area contributed by atoms with Gasteiger partial charge in [-0.1, -0.05) is 46.3 Å². The van der Waals surface area contributed by atoms with Gasteiger partial charge in [-0.25, -0.2) is 4.79 Å². The maximum absolute atomic E-state index is 12.4. The van der Waals surface area contributed by atoms with Gasteiger partial charge >= 0.3 is 5.97 Å². The molecule has 1 amide bonds. The normalized spacial score (nSPS) is 10.5. The molecule has 23 heavy (non-hydrogen) atoms. The summed E-state index contributed by atoms with van der Waals surface area (Å²) in [7, 11) is 0. The first-order valence-corrected chi connectivity index (χ1v) is 7.67. The Balaban J connectivity index is 1.93. The predicted octanol–water partition coefficient (Wildman–Crippen LogP) is 4.55. The molecular weight excluding hydrogens is 358 g/mol. The first-order valence-electron chi connectivity index (χ1n) is 6.87. The van der Waals surface area contributed by atoms with Gasteiger partial charge in [-0.3, -0.25) is 4.79 Å². The molecule has 4 nitrogen and oxygen atoms in total. The minimum absolute atomic E-state index is 0.0357. The molecule has 0 aliphatic heterocycles. The third-order valence-corrected chi connectivity index (χ3v) is 3.97. The van der Waals surface area contributed by atoms with Crippen LogP contribution < -0.4 is 5.32 Å². The lowest BCUT2D eigenvalue weighted by molar-refractivity contribution is 0.0698. The minimum Gasteiger partial charge on any atom is -0.478 e. The van der Waals surface area contributed by atoms with Crippen molar-refractivity contribution in [3.05, 3.63) is 76.3 Å². The molecule has 0 heterocycles. The van der Waals surface area contributed by atoms with Crippen LogP contribution in [-0.2, 0) is 0 Å². The van der Waals surface area contributed by atoms with Crippen molar-refractivity contribution in [3.8, 4) is 0 Å². The van der Waals surface area contributed by atoms with Gasteiger partial charge < -0.3 is 10.4 Å². The number of halogens is 1. The van der Waals surface area contributed by atoms with Crippen LogP contribution in [0.4, 0.5) is 5.69 Å². The maximum atomic E-state index is 12.4. The third kappa shape index (κ3) is 3.24. The van der Waals surface area contributed by atoms with E-state index < -0.39 is 5.97 Å². The quantitative estimate of drug-likeness (QED) is 0.711. The Morgan fingerprint density at radius 1 is 0.913 bits per heavy atom. The number of carbonyl (C=O) groups is 2. The van der Waals surface area contributed by atoms with Gasteiger partial charge in [0.1, 0.15) is 0 Å². The van der Waals surface area contributed by atoms with E-state index >= 15 is 0 Å². The zero-order chi connectivity index (χ0) is 16.4. The van der Waals surface area contributed by atoms with Crippen LogP contribution in [0.3, 0.4) is 0 Å². The Morgan fingerprint density at radius 2 is 1.65 bits per heavy atom. The average Bonchev–Trinajstić information content (AvgIpc) is 2.55. The van der Waals surface area contributed by atoms with E-state index in [9.17, 15) is 14.7 Å². The molecule has 5 heteroatoms. The second-order valence-electron chi connectivity index (χ2n) is 5.01. The van der Waals surface area contributed by atoms with Crippen molar-refractivity contribution in [1.82, 2.24) is 0 Å². The number of fused-ring (bicyclic) bond motifs is 1. The van der Waals surface area contributed by atoms with Gasteiger partial charge in [0.15, 0.2) is 0 Å². The van der Waals surface area contributed by atoms with Crippen molar-refractivity contribution >= 4 is 44.3 Å². The van der Waals surface area contributed by atoms with Gasteiger partial charge in [-0.2, -0.15) is 0 Å². The second kappa shape index (κ2) is 6.22. The Morgan fingerprint density at radius 3 is 2.39 bits per heavy atom. The van der Waals surface area contributed by atoms with Crippen molar-refractivity contribution in [2.45, 2.75) is 0 Å². The maximum Gasteiger partial charge on any atom is 0.337 e. The number of nitrogens with one attached hydrogen (secondary N) is 1. The smallest absolute Gasteiger partial charge is 0.337 e. The monoisotopic (exact) mass is 369 g/mol. The van der Waals surface area contributed by atoms with Gasteiger partial charge in [0, 0.05) is 10.0 Å². The van der Waals surface area contributed by atoms with Crippen LogP contribution in [0, 0.1) is 0 Å². The molecule has 0 aliphatic rings. The number of carboxylic acid groups (broad SMARTS) is 1. The Kier molecular flexibility index (Phi) is 4.12. The van der Waals surface area contributed by atoms with Crippen LogP contribution in [0.2, 0.25) is 0 Å². The molecule has 0 atom stereocenters. The number of hydrogen-bond acceptors (Lipinski definition) is 2. The van der Waals surface area contributed by atoms with E-state index in [1.807, 2.05) is 30.3 Å². The lowest BCUT2D eigenvalue weighted by Crippen LogP contribution is -2.14. The first-order chi connectivity index (χ1) is 11.0. The highest BCUT2D eigenvalue weighted by Crippen LogP contribution is 2.22. The molecule has 0 saturated carbocycles. The second-order valence-corrected chi connectivity index (χ2v) is 5.93. The van der Waals surface area contributed by atoms with Gasteiger partial charge in [0.25, 0.3) is 5.91 Å². The highest BCUT2D eigenvalue weighted by atomic mass is 79.9. The lowest BCUT2D eigenvalue weighted by atomic mass is 10.1. The Bertz CT molecular complexity index is 921. The van der Waals surface area contributed by atoms with Crippen molar-refractivity contribution < 1.29 is 14.7 Å². The van der Waals surface area contributed by atoms with Crippen molar-refractivity contribution in [3.63, 3.8) is 0 Å². The summed E-state index contributed by atoms with van der Waals surface area (Å²) < 4.78 is 0.638. The molecule has 0 spiro atoms. The summed E-state index contributed by atoms with van der Waals surface area (Å²) in [5, 5.41) is 13.9. The predicted molar refractivity (Wildman–Crippen MR) is 93.0 cm³/mol. The van der Waals surface area contributed by atoms with E-state index in [0.29, 0.717) is 10.0 Å². The van der Waals surface area contributed by atoms with Crippen LogP contribution in [0.25, 0.3) is 10.8 Å². The fourth-order valence-corrected chi connectivity index (χ4v) is 2.69. The summed E-state index contributed by atoms with van der Waals surface area (Å²) in [6.45, 7) is 0. The van der Waals surface area contributed by atoms with E-state index in [1.54, 1.807) is 24.3 Å². The SMILES string of the molecule is O=C(Nc1ccc(Br)cc1C(=O)O)c1ccc2ccccc2c1. The Hall–Kier alpha value is -2.66. The molecule has 0 bridgehead atoms. The van der Waals surface area contributed by atoms with Crippen molar-refractivity contribution in [2.75, 3.05) is 5.32 Å². The summed E-state index contributed by atoms with van der Waals surface area (Å²) in [5.74, 6) is -1.44. The molecule has 2 N–H and O–H groups in total. The zero-order valence-electron chi connectivity index (χ0n) is 11.9. The highest BCUT2D eigenvalue weighted by molar-refractivity contribution is 9.10. The summed E-state index contributed by atoms with van der Waals surface area (Å²) >= 11 is 3.23. The van der Waals surface area contributed by atoms with Gasteiger partial charge in [-0.05, 0) is 41.1 Å². The van der Waals surface area contributed by atoms with Gasteiger partial charge in [-0.15, -0.1) is 0 Å². The number of benzene rings is 3. The van der Waals surface area contributed by atoms with Crippen LogP contribution in [0.5, 0.6) is 0 Å². The standard InChI is InChI=1S/C18H12BrNO3/c19-14-7-8-16(15(10-14)18(22)23)20-17(21)13-6-5-11-3-1-2-4-12(11)9-13/h1-10H,(H,20,21)(H,22,23). The molecule has 0 saturated heterocycles. The molecule has 3 rings (SSSR count). The summed E-state index contributed by atoms with van der Waals surface area (Å²) in [5.41, 5.74) is 0.773. The van der Waals surface area contributed by atoms with Crippen LogP contribution >= 0.6 is 15.9 Å². The Labute approximate surface area is 140 Å². The van der Waals surface area contributed by atoms with Crippen LogP contribution in [0.1, 0.15) is 20.7 Å². The number of carbonyl (C=O) groups excluding carboxylic acids is 1. The molecular formula is C18H12BrNO3. The first kappa shape index (κ1) is 15.2. The minimum atomic E-state index is -1.10. The lowest BCUT2D eigenvalue weighted by Gasteiger charge is -2.09. The fourth-order valence-electron chi connectivity index (χ4n) is 2.33. The molecule has 3 aromatic carbocycles. The molecule has 0 aromatic heterocycles. The van der Waals surface area contributed by atoms with Gasteiger partial charge in [0.2, 0.25) is 0 Å². The summed E-state index contributed by atoms with van der Waals surface area (Å²) in [6.07, 6.45) is 0. The van der Waals surface area contributed by atoms with Gasteiger partial charge in [0.05, 0.1) is 11.3 Å². The molecule has 0 unspecified atom stereocenters. The molecule has 114 valence electrons. The van der Waals surface area contributed by atoms with Crippen LogP contribution in [-0.4, -0.2) is 17.0 Å². The average molecular weight is 370 g/mol. The third-order valence-electron chi connectivity index (χ3n) is 3.47. The van der Waals surface area contributed by atoms with E-state index in [0.717, 1.165) is 10.8 Å². The number of carboxylic acids is 1. The van der Waals surface area contributed by atoms with E-state index in [2.05, 4.69) is 21.2 Å². The van der Waals surface area contributed by atoms with Crippen molar-refractivity contribution in [1.29, 1.82) is 0 Å². The fraction of sp³-hybridized carbons (Fsp3) is 0. The van der Waals surface area contributed by atoms with E-state index in [1.165, 1.54) is 6.07 Å². The van der Waals surface area contributed by atoms with Crippen molar-refractivity contribution in [2.24, 2.45) is 0 Å². The topological polar surface area (TPSA) is 66.4 Å². The number of anilines is 1. The van der Waals surface area contributed by atoms with E-state index in [-0.39, 0.29) is 17.2 Å². The largest absolute Gasteiger partial charge is 0.478 e. The zero-order valence-corrected chi connectivity index (χ0v) is 13.5. The number of hydrogen-bond donors (Lipinski definition) is 2. The molecule has 0 fully saturated rings. The number of aromatic carboxylic acids is 1. The van der Waals surface area contributed by atoms with Crippen LogP contribution in [0.15, 0.2) is 65.1 Å². The number of amides is 1. The molecule has 3 aromatic rings.